The van der Waals surface area contributed by atoms with Crippen LogP contribution in [-0.2, 0) is 4.79 Å². The summed E-state index contributed by atoms with van der Waals surface area (Å²) in [6.07, 6.45) is 0.144. The Morgan fingerprint density at radius 1 is 1.25 bits per heavy atom. The maximum absolute atomic E-state index is 15.2. The second-order valence-electron chi connectivity index (χ2n) is 8.66. The number of nitrogens with two attached hydrogens (primary N) is 2. The predicted octanol–water partition coefficient (Wildman–Crippen LogP) is 2.37. The zero-order chi connectivity index (χ0) is 26.0. The quantitative estimate of drug-likeness (QED) is 0.529. The lowest BCUT2D eigenvalue weighted by Gasteiger charge is -2.40. The number of nitrogens with zero attached hydrogens (tertiary/aromatic N) is 5. The van der Waals surface area contributed by atoms with E-state index in [1.165, 1.54) is 14.2 Å². The molecule has 1 fully saturated rings. The summed E-state index contributed by atoms with van der Waals surface area (Å²) < 4.78 is 25.5. The van der Waals surface area contributed by atoms with E-state index >= 15 is 4.39 Å². The van der Waals surface area contributed by atoms with E-state index in [2.05, 4.69) is 16.0 Å². The molecule has 2 atom stereocenters. The van der Waals surface area contributed by atoms with Crippen molar-refractivity contribution in [2.24, 2.45) is 5.73 Å². The van der Waals surface area contributed by atoms with E-state index in [-0.39, 0.29) is 47.2 Å². The Hall–Kier alpha value is -4.17. The lowest BCUT2D eigenvalue weighted by Crippen LogP contribution is -2.54. The molecule has 2 heterocycles. The van der Waals surface area contributed by atoms with Gasteiger partial charge in [0.2, 0.25) is 11.9 Å². The minimum absolute atomic E-state index is 0.0363. The number of ether oxygens (including phenoxy) is 2. The van der Waals surface area contributed by atoms with Gasteiger partial charge >= 0.3 is 0 Å². The van der Waals surface area contributed by atoms with Crippen LogP contribution in [0.15, 0.2) is 30.3 Å². The molecule has 11 heteroatoms. The van der Waals surface area contributed by atoms with Crippen molar-refractivity contribution >= 4 is 28.6 Å². The first kappa shape index (κ1) is 24.9. The maximum atomic E-state index is 15.2. The molecule has 2 aromatic carbocycles. The molecule has 10 nitrogen and oxygen atoms in total. The van der Waals surface area contributed by atoms with Gasteiger partial charge in [0.25, 0.3) is 0 Å². The van der Waals surface area contributed by atoms with E-state index < -0.39 is 11.9 Å². The molecular weight excluding hydrogens is 465 g/mol. The van der Waals surface area contributed by atoms with E-state index in [4.69, 9.17) is 26.2 Å². The average Bonchev–Trinajstić information content (AvgIpc) is 2.88. The largest absolute Gasteiger partial charge is 0.493 e. The summed E-state index contributed by atoms with van der Waals surface area (Å²) in [7, 11) is 2.76. The lowest BCUT2D eigenvalue weighted by molar-refractivity contribution is -0.132. The Bertz CT molecular complexity index is 1330. The van der Waals surface area contributed by atoms with Crippen molar-refractivity contribution in [3.8, 4) is 17.6 Å². The van der Waals surface area contributed by atoms with Crippen LogP contribution in [0.2, 0.25) is 0 Å². The van der Waals surface area contributed by atoms with Gasteiger partial charge in [0.05, 0.1) is 25.9 Å². The van der Waals surface area contributed by atoms with Gasteiger partial charge in [-0.2, -0.15) is 10.2 Å². The SMILES string of the molecule is COc1cc2c(N)nc(N3CCN(C(=O)C[C@@H](N)c4ccc(C#N)cc4)C[C@@H]3C)nc2c(F)c1OC. The number of piperazine rings is 1. The number of nitrogen functional groups attached to an aromatic ring is 1. The second kappa shape index (κ2) is 10.2. The molecule has 4 rings (SSSR count). The number of carbonyl (C=O) groups excluding carboxylic acids is 1. The number of fused-ring (bicyclic) bond motifs is 1. The highest BCUT2D eigenvalue weighted by molar-refractivity contribution is 5.92. The minimum atomic E-state index is -0.680. The van der Waals surface area contributed by atoms with E-state index in [9.17, 15) is 4.79 Å². The number of halogens is 1. The molecule has 188 valence electrons. The van der Waals surface area contributed by atoms with Crippen molar-refractivity contribution in [2.45, 2.75) is 25.4 Å². The van der Waals surface area contributed by atoms with Gasteiger partial charge in [-0.05, 0) is 30.7 Å². The molecule has 1 amide bonds. The fourth-order valence-corrected chi connectivity index (χ4v) is 4.39. The van der Waals surface area contributed by atoms with Crippen LogP contribution in [0, 0.1) is 17.1 Å². The summed E-state index contributed by atoms with van der Waals surface area (Å²) in [6, 6.07) is 9.90. The standard InChI is InChI=1S/C25H28FN7O3/c1-14-13-32(20(34)11-18(28)16-6-4-15(12-27)5-7-16)8-9-33(14)25-30-22-17(24(29)31-25)10-19(35-2)23(36-3)21(22)26/h4-7,10,14,18H,8-9,11,13,28H2,1-3H3,(H2,29,30,31)/t14-,18+/m0/s1. The number of anilines is 2. The van der Waals surface area contributed by atoms with Crippen molar-refractivity contribution in [3.05, 3.63) is 47.3 Å². The van der Waals surface area contributed by atoms with Gasteiger partial charge in [0.1, 0.15) is 11.3 Å². The van der Waals surface area contributed by atoms with Crippen molar-refractivity contribution < 1.29 is 18.7 Å². The molecule has 0 spiro atoms. The predicted molar refractivity (Wildman–Crippen MR) is 133 cm³/mol. The molecule has 0 radical (unpaired) electrons. The number of aromatic nitrogens is 2. The van der Waals surface area contributed by atoms with E-state index in [0.717, 1.165) is 5.56 Å². The number of methoxy groups -OCH3 is 2. The Labute approximate surface area is 208 Å². The third-order valence-corrected chi connectivity index (χ3v) is 6.39. The van der Waals surface area contributed by atoms with Crippen molar-refractivity contribution in [1.29, 1.82) is 5.26 Å². The molecule has 0 aliphatic carbocycles. The summed E-state index contributed by atoms with van der Waals surface area (Å²) in [6.45, 7) is 3.24. The van der Waals surface area contributed by atoms with Crippen molar-refractivity contribution in [1.82, 2.24) is 14.9 Å². The number of benzene rings is 2. The molecule has 1 aliphatic rings. The van der Waals surface area contributed by atoms with Crippen LogP contribution in [0.25, 0.3) is 10.9 Å². The lowest BCUT2D eigenvalue weighted by atomic mass is 10.0. The Morgan fingerprint density at radius 2 is 1.97 bits per heavy atom. The molecule has 4 N–H and O–H groups in total. The molecule has 3 aromatic rings. The van der Waals surface area contributed by atoms with Crippen LogP contribution in [0.5, 0.6) is 11.5 Å². The number of nitriles is 1. The molecule has 1 aliphatic heterocycles. The summed E-state index contributed by atoms with van der Waals surface area (Å²) in [4.78, 5) is 25.4. The number of amides is 1. The molecule has 0 saturated carbocycles. The summed E-state index contributed by atoms with van der Waals surface area (Å²) in [5.41, 5.74) is 13.8. The van der Waals surface area contributed by atoms with Crippen LogP contribution >= 0.6 is 0 Å². The van der Waals surface area contributed by atoms with Crippen LogP contribution < -0.4 is 25.8 Å². The third-order valence-electron chi connectivity index (χ3n) is 6.39. The molecule has 1 aromatic heterocycles. The van der Waals surface area contributed by atoms with Gasteiger partial charge in [0, 0.05) is 43.5 Å². The number of rotatable bonds is 6. The number of carbonyl (C=O) groups is 1. The van der Waals surface area contributed by atoms with Gasteiger partial charge in [0.15, 0.2) is 17.3 Å². The Kier molecular flexibility index (Phi) is 7.07. The van der Waals surface area contributed by atoms with Crippen LogP contribution in [-0.4, -0.2) is 60.7 Å². The van der Waals surface area contributed by atoms with Gasteiger partial charge in [-0.15, -0.1) is 0 Å². The zero-order valence-electron chi connectivity index (χ0n) is 20.4. The molecule has 0 bridgehead atoms. The maximum Gasteiger partial charge on any atom is 0.228 e. The van der Waals surface area contributed by atoms with Crippen LogP contribution in [0.4, 0.5) is 16.2 Å². The number of hydrogen-bond donors (Lipinski definition) is 2. The van der Waals surface area contributed by atoms with E-state index in [1.807, 2.05) is 11.8 Å². The summed E-state index contributed by atoms with van der Waals surface area (Å²) in [5, 5.41) is 9.27. The fraction of sp³-hybridized carbons (Fsp3) is 0.360. The third kappa shape index (κ3) is 4.67. The van der Waals surface area contributed by atoms with Gasteiger partial charge in [-0.1, -0.05) is 12.1 Å². The molecule has 36 heavy (non-hydrogen) atoms. The zero-order valence-corrected chi connectivity index (χ0v) is 20.4. The van der Waals surface area contributed by atoms with E-state index in [1.54, 1.807) is 35.2 Å². The highest BCUT2D eigenvalue weighted by Crippen LogP contribution is 2.37. The van der Waals surface area contributed by atoms with Crippen LogP contribution in [0.3, 0.4) is 0 Å². The minimum Gasteiger partial charge on any atom is -0.493 e. The molecular formula is C25H28FN7O3. The highest BCUT2D eigenvalue weighted by Gasteiger charge is 2.30. The Morgan fingerprint density at radius 3 is 2.58 bits per heavy atom. The first-order chi connectivity index (χ1) is 17.3. The first-order valence-electron chi connectivity index (χ1n) is 11.4. The normalized spacial score (nSPS) is 16.5. The van der Waals surface area contributed by atoms with Gasteiger partial charge in [-0.3, -0.25) is 4.79 Å². The number of hydrogen-bond acceptors (Lipinski definition) is 9. The average molecular weight is 494 g/mol. The molecule has 0 unspecified atom stereocenters. The van der Waals surface area contributed by atoms with Crippen LogP contribution in [0.1, 0.15) is 30.5 Å². The topological polar surface area (TPSA) is 144 Å². The Balaban J connectivity index is 1.49. The van der Waals surface area contributed by atoms with Gasteiger partial charge in [-0.25, -0.2) is 9.37 Å². The highest BCUT2D eigenvalue weighted by atomic mass is 19.1. The van der Waals surface area contributed by atoms with E-state index in [0.29, 0.717) is 30.6 Å². The summed E-state index contributed by atoms with van der Waals surface area (Å²) in [5.74, 6) is -0.212. The summed E-state index contributed by atoms with van der Waals surface area (Å²) >= 11 is 0. The first-order valence-corrected chi connectivity index (χ1v) is 11.4. The van der Waals surface area contributed by atoms with Crippen molar-refractivity contribution in [3.63, 3.8) is 0 Å². The monoisotopic (exact) mass is 493 g/mol. The second-order valence-corrected chi connectivity index (χ2v) is 8.66. The van der Waals surface area contributed by atoms with Crippen molar-refractivity contribution in [2.75, 3.05) is 44.5 Å². The smallest absolute Gasteiger partial charge is 0.228 e. The molecule has 1 saturated heterocycles. The van der Waals surface area contributed by atoms with Gasteiger partial charge < -0.3 is 30.7 Å². The fourth-order valence-electron chi connectivity index (χ4n) is 4.39.